The first kappa shape index (κ1) is 15.8. The van der Waals surface area contributed by atoms with Crippen LogP contribution in [0.15, 0.2) is 24.3 Å². The Kier molecular flexibility index (Phi) is 5.59. The van der Waals surface area contributed by atoms with E-state index in [0.29, 0.717) is 30.3 Å². The van der Waals surface area contributed by atoms with Gasteiger partial charge >= 0.3 is 0 Å². The molecule has 0 bridgehead atoms. The SMILES string of the molecule is COCCCNC(=O)C1CC1C(=O)Nc1cccc(Cl)c1. The van der Waals surface area contributed by atoms with Crippen LogP contribution in [-0.4, -0.2) is 32.1 Å². The molecular formula is C15H19ClN2O3. The lowest BCUT2D eigenvalue weighted by Crippen LogP contribution is -2.28. The van der Waals surface area contributed by atoms with Gasteiger partial charge in [-0.3, -0.25) is 9.59 Å². The summed E-state index contributed by atoms with van der Waals surface area (Å²) < 4.78 is 4.91. The monoisotopic (exact) mass is 310 g/mol. The summed E-state index contributed by atoms with van der Waals surface area (Å²) >= 11 is 5.86. The second-order valence-electron chi connectivity index (χ2n) is 5.09. The third-order valence-corrected chi connectivity index (χ3v) is 3.62. The zero-order valence-corrected chi connectivity index (χ0v) is 12.7. The zero-order chi connectivity index (χ0) is 15.2. The minimum atomic E-state index is -0.244. The maximum atomic E-state index is 12.0. The van der Waals surface area contributed by atoms with E-state index in [1.165, 1.54) is 0 Å². The van der Waals surface area contributed by atoms with Crippen LogP contribution in [0.4, 0.5) is 5.69 Å². The molecule has 2 amide bonds. The van der Waals surface area contributed by atoms with Gasteiger partial charge < -0.3 is 15.4 Å². The Morgan fingerprint density at radius 1 is 1.33 bits per heavy atom. The number of anilines is 1. The molecule has 6 heteroatoms. The smallest absolute Gasteiger partial charge is 0.228 e. The van der Waals surface area contributed by atoms with E-state index in [9.17, 15) is 9.59 Å². The first-order chi connectivity index (χ1) is 10.1. The van der Waals surface area contributed by atoms with Crippen molar-refractivity contribution in [2.24, 2.45) is 11.8 Å². The zero-order valence-electron chi connectivity index (χ0n) is 11.9. The van der Waals surface area contributed by atoms with Gasteiger partial charge in [0.05, 0.1) is 11.8 Å². The largest absolute Gasteiger partial charge is 0.385 e. The van der Waals surface area contributed by atoms with Gasteiger partial charge in [0.1, 0.15) is 0 Å². The third kappa shape index (κ3) is 4.72. The number of amides is 2. The Balaban J connectivity index is 1.74. The molecule has 114 valence electrons. The summed E-state index contributed by atoms with van der Waals surface area (Å²) in [7, 11) is 1.62. The van der Waals surface area contributed by atoms with Crippen LogP contribution in [0.3, 0.4) is 0 Å². The van der Waals surface area contributed by atoms with Gasteiger partial charge in [-0.1, -0.05) is 17.7 Å². The number of carbonyl (C=O) groups is 2. The lowest BCUT2D eigenvalue weighted by molar-refractivity contribution is -0.125. The fraction of sp³-hybridized carbons (Fsp3) is 0.467. The van der Waals surface area contributed by atoms with Gasteiger partial charge in [0.15, 0.2) is 0 Å². The van der Waals surface area contributed by atoms with Gasteiger partial charge in [-0.25, -0.2) is 0 Å². The Hall–Kier alpha value is -1.59. The van der Waals surface area contributed by atoms with Crippen molar-refractivity contribution in [3.8, 4) is 0 Å². The van der Waals surface area contributed by atoms with Crippen LogP contribution in [-0.2, 0) is 14.3 Å². The van der Waals surface area contributed by atoms with E-state index < -0.39 is 0 Å². The average Bonchev–Trinajstić information content (AvgIpc) is 3.24. The molecule has 1 aromatic carbocycles. The van der Waals surface area contributed by atoms with Crippen molar-refractivity contribution in [1.82, 2.24) is 5.32 Å². The molecule has 1 saturated carbocycles. The molecule has 0 heterocycles. The maximum Gasteiger partial charge on any atom is 0.228 e. The number of ether oxygens (including phenoxy) is 1. The van der Waals surface area contributed by atoms with Gasteiger partial charge in [-0.2, -0.15) is 0 Å². The molecule has 2 atom stereocenters. The number of halogens is 1. The van der Waals surface area contributed by atoms with Crippen LogP contribution in [0.1, 0.15) is 12.8 Å². The van der Waals surface area contributed by atoms with Crippen LogP contribution in [0, 0.1) is 11.8 Å². The molecule has 1 aliphatic rings. The Morgan fingerprint density at radius 3 is 2.81 bits per heavy atom. The van der Waals surface area contributed by atoms with Crippen molar-refractivity contribution >= 4 is 29.1 Å². The number of nitrogens with one attached hydrogen (secondary N) is 2. The quantitative estimate of drug-likeness (QED) is 0.758. The van der Waals surface area contributed by atoms with Gasteiger partial charge in [0, 0.05) is 31.0 Å². The van der Waals surface area contributed by atoms with Gasteiger partial charge in [-0.05, 0) is 31.0 Å². The molecule has 0 aromatic heterocycles. The first-order valence-electron chi connectivity index (χ1n) is 6.95. The summed E-state index contributed by atoms with van der Waals surface area (Å²) in [6.45, 7) is 1.19. The van der Waals surface area contributed by atoms with E-state index in [2.05, 4.69) is 10.6 Å². The molecule has 0 aliphatic heterocycles. The molecule has 2 N–H and O–H groups in total. The number of hydrogen-bond donors (Lipinski definition) is 2. The number of carbonyl (C=O) groups excluding carboxylic acids is 2. The number of rotatable bonds is 7. The summed E-state index contributed by atoms with van der Waals surface area (Å²) in [6.07, 6.45) is 1.37. The molecule has 2 rings (SSSR count). The topological polar surface area (TPSA) is 67.4 Å². The van der Waals surface area contributed by atoms with Crippen LogP contribution >= 0.6 is 11.6 Å². The highest BCUT2D eigenvalue weighted by Crippen LogP contribution is 2.39. The Morgan fingerprint density at radius 2 is 2.10 bits per heavy atom. The predicted octanol–water partition coefficient (Wildman–Crippen LogP) is 2.07. The lowest BCUT2D eigenvalue weighted by Gasteiger charge is -2.06. The van der Waals surface area contributed by atoms with Crippen LogP contribution in [0.25, 0.3) is 0 Å². The van der Waals surface area contributed by atoms with E-state index >= 15 is 0 Å². The Labute approximate surface area is 129 Å². The highest BCUT2D eigenvalue weighted by molar-refractivity contribution is 6.30. The van der Waals surface area contributed by atoms with Crippen molar-refractivity contribution < 1.29 is 14.3 Å². The van der Waals surface area contributed by atoms with E-state index in [0.717, 1.165) is 6.42 Å². The second kappa shape index (κ2) is 7.43. The molecule has 0 radical (unpaired) electrons. The van der Waals surface area contributed by atoms with Crippen LogP contribution < -0.4 is 10.6 Å². The lowest BCUT2D eigenvalue weighted by atomic mass is 10.2. The molecule has 1 aliphatic carbocycles. The molecule has 5 nitrogen and oxygen atoms in total. The van der Waals surface area contributed by atoms with E-state index in [1.54, 1.807) is 31.4 Å². The first-order valence-corrected chi connectivity index (χ1v) is 7.32. The van der Waals surface area contributed by atoms with Gasteiger partial charge in [0.25, 0.3) is 0 Å². The normalized spacial score (nSPS) is 19.9. The molecule has 1 aromatic rings. The Bertz CT molecular complexity index is 521. The van der Waals surface area contributed by atoms with E-state index in [4.69, 9.17) is 16.3 Å². The predicted molar refractivity (Wildman–Crippen MR) is 81.2 cm³/mol. The highest BCUT2D eigenvalue weighted by Gasteiger charge is 2.47. The summed E-state index contributed by atoms with van der Waals surface area (Å²) in [5, 5.41) is 6.17. The van der Waals surface area contributed by atoms with E-state index in [1.807, 2.05) is 0 Å². The van der Waals surface area contributed by atoms with Crippen molar-refractivity contribution in [2.45, 2.75) is 12.8 Å². The number of hydrogen-bond acceptors (Lipinski definition) is 3. The van der Waals surface area contributed by atoms with E-state index in [-0.39, 0.29) is 23.7 Å². The van der Waals surface area contributed by atoms with Gasteiger partial charge in [-0.15, -0.1) is 0 Å². The minimum Gasteiger partial charge on any atom is -0.385 e. The highest BCUT2D eigenvalue weighted by atomic mass is 35.5. The van der Waals surface area contributed by atoms with Crippen molar-refractivity contribution in [1.29, 1.82) is 0 Å². The van der Waals surface area contributed by atoms with Crippen LogP contribution in [0.5, 0.6) is 0 Å². The molecule has 21 heavy (non-hydrogen) atoms. The molecule has 0 saturated heterocycles. The summed E-state index contributed by atoms with van der Waals surface area (Å²) in [5.74, 6) is -0.648. The fourth-order valence-electron chi connectivity index (χ4n) is 2.13. The second-order valence-corrected chi connectivity index (χ2v) is 5.52. The number of methoxy groups -OCH3 is 1. The molecular weight excluding hydrogens is 292 g/mol. The minimum absolute atomic E-state index is 0.0580. The van der Waals surface area contributed by atoms with Crippen molar-refractivity contribution in [3.63, 3.8) is 0 Å². The molecule has 2 unspecified atom stereocenters. The standard InChI is InChI=1S/C15H19ClN2O3/c1-21-7-3-6-17-14(19)12-9-13(12)15(20)18-11-5-2-4-10(16)8-11/h2,4-5,8,12-13H,3,6-7,9H2,1H3,(H,17,19)(H,18,20). The maximum absolute atomic E-state index is 12.0. The molecule has 0 spiro atoms. The van der Waals surface area contributed by atoms with Crippen molar-refractivity contribution in [3.05, 3.63) is 29.3 Å². The third-order valence-electron chi connectivity index (χ3n) is 3.38. The summed E-state index contributed by atoms with van der Waals surface area (Å²) in [6, 6.07) is 6.96. The summed E-state index contributed by atoms with van der Waals surface area (Å²) in [4.78, 5) is 23.9. The number of benzene rings is 1. The average molecular weight is 311 g/mol. The van der Waals surface area contributed by atoms with Crippen LogP contribution in [0.2, 0.25) is 5.02 Å². The van der Waals surface area contributed by atoms with Crippen molar-refractivity contribution in [2.75, 3.05) is 25.6 Å². The fourth-order valence-corrected chi connectivity index (χ4v) is 2.33. The molecule has 1 fully saturated rings. The summed E-state index contributed by atoms with van der Waals surface area (Å²) in [5.41, 5.74) is 0.652. The van der Waals surface area contributed by atoms with Gasteiger partial charge in [0.2, 0.25) is 11.8 Å².